The maximum atomic E-state index is 10.9. The molecule has 0 amide bonds. The molecule has 7 heteroatoms. The first kappa shape index (κ1) is 12.4. The summed E-state index contributed by atoms with van der Waals surface area (Å²) < 4.78 is 11.7. The van der Waals surface area contributed by atoms with Crippen molar-refractivity contribution in [1.29, 1.82) is 0 Å². The Morgan fingerprint density at radius 1 is 1.28 bits per heavy atom. The third-order valence-electron chi connectivity index (χ3n) is 2.38. The van der Waals surface area contributed by atoms with Gasteiger partial charge in [0.15, 0.2) is 6.29 Å². The molecule has 2 aromatic rings. The van der Waals surface area contributed by atoms with Crippen molar-refractivity contribution >= 4 is 17.9 Å². The van der Waals surface area contributed by atoms with Gasteiger partial charge in [-0.2, -0.15) is 0 Å². The number of nitrogens with zero attached hydrogens (tertiary/aromatic N) is 3. The molecule has 6 nitrogen and oxygen atoms in total. The number of hydrogen-bond acceptors (Lipinski definition) is 5. The van der Waals surface area contributed by atoms with E-state index in [1.54, 1.807) is 12.1 Å². The molecule has 0 saturated carbocycles. The molecule has 0 aliphatic rings. The number of carbonyl (C=O) groups is 1. The third-order valence-corrected chi connectivity index (χ3v) is 2.67. The van der Waals surface area contributed by atoms with Crippen LogP contribution in [0.1, 0.15) is 10.5 Å². The SMILES string of the molecule is COc1cc(-n2nncc2C=O)c(OC)cc1Cl. The Kier molecular flexibility index (Phi) is 3.47. The minimum Gasteiger partial charge on any atom is -0.495 e. The fraction of sp³-hybridized carbons (Fsp3) is 0.182. The van der Waals surface area contributed by atoms with Gasteiger partial charge in [-0.1, -0.05) is 16.8 Å². The number of benzene rings is 1. The summed E-state index contributed by atoms with van der Waals surface area (Å²) in [6.45, 7) is 0. The second kappa shape index (κ2) is 5.05. The number of methoxy groups -OCH3 is 2. The fourth-order valence-corrected chi connectivity index (χ4v) is 1.75. The molecular weight excluding hydrogens is 258 g/mol. The van der Waals surface area contributed by atoms with Gasteiger partial charge >= 0.3 is 0 Å². The van der Waals surface area contributed by atoms with Crippen LogP contribution >= 0.6 is 11.6 Å². The topological polar surface area (TPSA) is 66.2 Å². The number of aromatic nitrogens is 3. The molecule has 0 aliphatic carbocycles. The maximum Gasteiger partial charge on any atom is 0.170 e. The van der Waals surface area contributed by atoms with Gasteiger partial charge in [-0.3, -0.25) is 4.79 Å². The van der Waals surface area contributed by atoms with Crippen LogP contribution < -0.4 is 9.47 Å². The summed E-state index contributed by atoms with van der Waals surface area (Å²) in [5, 5.41) is 7.91. The maximum absolute atomic E-state index is 10.9. The van der Waals surface area contributed by atoms with E-state index in [2.05, 4.69) is 10.3 Å². The number of halogens is 1. The highest BCUT2D eigenvalue weighted by atomic mass is 35.5. The second-order valence-corrected chi connectivity index (χ2v) is 3.75. The van der Waals surface area contributed by atoms with Crippen molar-refractivity contribution in [2.75, 3.05) is 14.2 Å². The summed E-state index contributed by atoms with van der Waals surface area (Å²) in [6.07, 6.45) is 2.01. The van der Waals surface area contributed by atoms with Crippen LogP contribution in [0.5, 0.6) is 11.5 Å². The lowest BCUT2D eigenvalue weighted by Gasteiger charge is -2.12. The monoisotopic (exact) mass is 267 g/mol. The smallest absolute Gasteiger partial charge is 0.170 e. The summed E-state index contributed by atoms with van der Waals surface area (Å²) in [5.74, 6) is 0.925. The van der Waals surface area contributed by atoms with Crippen LogP contribution in [0.15, 0.2) is 18.3 Å². The molecule has 18 heavy (non-hydrogen) atoms. The van der Waals surface area contributed by atoms with E-state index in [0.717, 1.165) is 0 Å². The molecule has 0 bridgehead atoms. The van der Waals surface area contributed by atoms with Crippen LogP contribution in [0.4, 0.5) is 0 Å². The van der Waals surface area contributed by atoms with Gasteiger partial charge in [0, 0.05) is 12.1 Å². The highest BCUT2D eigenvalue weighted by Crippen LogP contribution is 2.34. The van der Waals surface area contributed by atoms with E-state index in [4.69, 9.17) is 21.1 Å². The lowest BCUT2D eigenvalue weighted by Crippen LogP contribution is -2.04. The van der Waals surface area contributed by atoms with E-state index in [9.17, 15) is 4.79 Å². The van der Waals surface area contributed by atoms with E-state index in [0.29, 0.717) is 34.2 Å². The van der Waals surface area contributed by atoms with Crippen LogP contribution in [0.2, 0.25) is 5.02 Å². The number of ether oxygens (including phenoxy) is 2. The summed E-state index contributed by atoms with van der Waals surface area (Å²) in [6, 6.07) is 3.22. The van der Waals surface area contributed by atoms with E-state index >= 15 is 0 Å². The highest BCUT2D eigenvalue weighted by molar-refractivity contribution is 6.32. The molecule has 1 heterocycles. The second-order valence-electron chi connectivity index (χ2n) is 3.35. The van der Waals surface area contributed by atoms with Crippen LogP contribution in [-0.2, 0) is 0 Å². The molecular formula is C11H10ClN3O3. The Labute approximate surface area is 108 Å². The molecule has 0 unspecified atom stereocenters. The molecule has 94 valence electrons. The first-order valence-electron chi connectivity index (χ1n) is 4.99. The first-order valence-corrected chi connectivity index (χ1v) is 5.36. The van der Waals surface area contributed by atoms with Gasteiger partial charge in [0.2, 0.25) is 0 Å². The molecule has 2 rings (SSSR count). The fourth-order valence-electron chi connectivity index (χ4n) is 1.52. The van der Waals surface area contributed by atoms with Crippen molar-refractivity contribution in [3.63, 3.8) is 0 Å². The van der Waals surface area contributed by atoms with Gasteiger partial charge in [-0.05, 0) is 0 Å². The lowest BCUT2D eigenvalue weighted by molar-refractivity contribution is 0.111. The Morgan fingerprint density at radius 3 is 2.61 bits per heavy atom. The van der Waals surface area contributed by atoms with Gasteiger partial charge in [0.25, 0.3) is 0 Å². The first-order chi connectivity index (χ1) is 8.71. The Morgan fingerprint density at radius 2 is 2.00 bits per heavy atom. The van der Waals surface area contributed by atoms with Crippen LogP contribution in [0, 0.1) is 0 Å². The van der Waals surface area contributed by atoms with Gasteiger partial charge in [0.1, 0.15) is 22.9 Å². The van der Waals surface area contributed by atoms with Crippen LogP contribution in [0.3, 0.4) is 0 Å². The molecule has 0 aliphatic heterocycles. The van der Waals surface area contributed by atoms with Gasteiger partial charge < -0.3 is 9.47 Å². The summed E-state index contributed by atoms with van der Waals surface area (Å²) in [7, 11) is 3.00. The molecule has 1 aromatic carbocycles. The van der Waals surface area contributed by atoms with E-state index < -0.39 is 0 Å². The number of aldehydes is 1. The molecule has 0 atom stereocenters. The largest absolute Gasteiger partial charge is 0.495 e. The molecule has 0 fully saturated rings. The van der Waals surface area contributed by atoms with Crippen LogP contribution in [0.25, 0.3) is 5.69 Å². The predicted molar refractivity (Wildman–Crippen MR) is 64.9 cm³/mol. The van der Waals surface area contributed by atoms with Crippen molar-refractivity contribution in [3.8, 4) is 17.2 Å². The normalized spacial score (nSPS) is 10.2. The average molecular weight is 268 g/mol. The van der Waals surface area contributed by atoms with Gasteiger partial charge in [-0.25, -0.2) is 4.68 Å². The average Bonchev–Trinajstić information content (AvgIpc) is 2.86. The molecule has 0 N–H and O–H groups in total. The predicted octanol–water partition coefficient (Wildman–Crippen LogP) is 1.75. The van der Waals surface area contributed by atoms with Crippen molar-refractivity contribution in [3.05, 3.63) is 29.0 Å². The minimum absolute atomic E-state index is 0.303. The van der Waals surface area contributed by atoms with Crippen molar-refractivity contribution in [2.45, 2.75) is 0 Å². The lowest BCUT2D eigenvalue weighted by atomic mass is 10.2. The minimum atomic E-state index is 0.303. The summed E-state index contributed by atoms with van der Waals surface area (Å²) in [5.41, 5.74) is 0.830. The molecule has 1 aromatic heterocycles. The Hall–Kier alpha value is -2.08. The standard InChI is InChI=1S/C11H10ClN3O3/c1-17-10-4-9(11(18-2)3-8(10)12)15-7(6-16)5-13-14-15/h3-6H,1-2H3. The molecule has 0 radical (unpaired) electrons. The number of rotatable bonds is 4. The van der Waals surface area contributed by atoms with Crippen molar-refractivity contribution in [1.82, 2.24) is 15.0 Å². The van der Waals surface area contributed by atoms with Crippen molar-refractivity contribution in [2.24, 2.45) is 0 Å². The molecule has 0 saturated heterocycles. The number of hydrogen-bond donors (Lipinski definition) is 0. The molecule has 0 spiro atoms. The Balaban J connectivity index is 2.65. The van der Waals surface area contributed by atoms with E-state index in [-0.39, 0.29) is 0 Å². The number of carbonyl (C=O) groups excluding carboxylic acids is 1. The summed E-state index contributed by atoms with van der Waals surface area (Å²) >= 11 is 6.00. The van der Waals surface area contributed by atoms with Gasteiger partial charge in [0.05, 0.1) is 25.4 Å². The Bertz CT molecular complexity index is 583. The zero-order valence-corrected chi connectivity index (χ0v) is 10.5. The summed E-state index contributed by atoms with van der Waals surface area (Å²) in [4.78, 5) is 10.9. The van der Waals surface area contributed by atoms with E-state index in [1.165, 1.54) is 25.1 Å². The van der Waals surface area contributed by atoms with Gasteiger partial charge in [-0.15, -0.1) is 5.10 Å². The zero-order chi connectivity index (χ0) is 13.1. The van der Waals surface area contributed by atoms with Crippen molar-refractivity contribution < 1.29 is 14.3 Å². The van der Waals surface area contributed by atoms with Crippen LogP contribution in [-0.4, -0.2) is 35.5 Å². The zero-order valence-electron chi connectivity index (χ0n) is 9.75. The quantitative estimate of drug-likeness (QED) is 0.790. The third kappa shape index (κ3) is 2.02. The highest BCUT2D eigenvalue weighted by Gasteiger charge is 2.15. The van der Waals surface area contributed by atoms with E-state index in [1.807, 2.05) is 0 Å².